The molecule has 2 aliphatic rings. The SMILES string of the molecule is CCOc1cc(C2NC(=O)N(CC)C3=C2C(=O)CCC3)ccc1O. The Morgan fingerprint density at radius 2 is 2.08 bits per heavy atom. The predicted molar refractivity (Wildman–Crippen MR) is 88.8 cm³/mol. The first-order valence-corrected chi connectivity index (χ1v) is 8.36. The number of hydrogen-bond acceptors (Lipinski definition) is 4. The van der Waals surface area contributed by atoms with Crippen molar-refractivity contribution in [3.05, 3.63) is 35.0 Å². The van der Waals surface area contributed by atoms with Gasteiger partial charge in [-0.25, -0.2) is 4.79 Å². The Labute approximate surface area is 141 Å². The first-order valence-electron chi connectivity index (χ1n) is 8.36. The van der Waals surface area contributed by atoms with Crippen molar-refractivity contribution in [3.8, 4) is 11.5 Å². The van der Waals surface area contributed by atoms with Crippen LogP contribution in [0.1, 0.15) is 44.7 Å². The van der Waals surface area contributed by atoms with Crippen LogP contribution in [0.4, 0.5) is 4.79 Å². The highest BCUT2D eigenvalue weighted by Gasteiger charge is 2.38. The van der Waals surface area contributed by atoms with Crippen LogP contribution >= 0.6 is 0 Å². The van der Waals surface area contributed by atoms with Gasteiger partial charge in [-0.3, -0.25) is 9.69 Å². The van der Waals surface area contributed by atoms with Crippen molar-refractivity contribution in [2.75, 3.05) is 13.2 Å². The molecule has 6 heteroatoms. The van der Waals surface area contributed by atoms with Crippen molar-refractivity contribution in [2.24, 2.45) is 0 Å². The molecule has 2 N–H and O–H groups in total. The summed E-state index contributed by atoms with van der Waals surface area (Å²) in [5.74, 6) is 0.473. The molecule has 6 nitrogen and oxygen atoms in total. The highest BCUT2D eigenvalue weighted by atomic mass is 16.5. The summed E-state index contributed by atoms with van der Waals surface area (Å²) in [6.07, 6.45) is 2.00. The van der Waals surface area contributed by atoms with E-state index in [1.165, 1.54) is 6.07 Å². The number of phenols is 1. The molecule has 0 fully saturated rings. The molecule has 0 radical (unpaired) electrons. The number of amides is 2. The van der Waals surface area contributed by atoms with E-state index >= 15 is 0 Å². The van der Waals surface area contributed by atoms with Gasteiger partial charge in [-0.15, -0.1) is 0 Å². The normalized spacial score (nSPS) is 20.8. The smallest absolute Gasteiger partial charge is 0.322 e. The predicted octanol–water partition coefficient (Wildman–Crippen LogP) is 2.88. The van der Waals surface area contributed by atoms with Gasteiger partial charge in [0, 0.05) is 24.2 Å². The van der Waals surface area contributed by atoms with Crippen LogP contribution in [0.25, 0.3) is 0 Å². The number of allylic oxidation sites excluding steroid dienone is 1. The molecule has 1 aliphatic heterocycles. The van der Waals surface area contributed by atoms with E-state index in [0.29, 0.717) is 30.9 Å². The molecule has 0 bridgehead atoms. The van der Waals surface area contributed by atoms with E-state index in [1.807, 2.05) is 13.8 Å². The number of nitrogens with zero attached hydrogens (tertiary/aromatic N) is 1. The molecule has 0 saturated heterocycles. The van der Waals surface area contributed by atoms with Crippen LogP contribution in [0.2, 0.25) is 0 Å². The summed E-state index contributed by atoms with van der Waals surface area (Å²) in [6, 6.07) is 4.26. The molecule has 1 aromatic carbocycles. The number of phenolic OH excluding ortho intramolecular Hbond substituents is 1. The van der Waals surface area contributed by atoms with Gasteiger partial charge in [-0.2, -0.15) is 0 Å². The Hall–Kier alpha value is -2.50. The Bertz CT molecular complexity index is 711. The topological polar surface area (TPSA) is 78.9 Å². The van der Waals surface area contributed by atoms with Crippen molar-refractivity contribution < 1.29 is 19.4 Å². The lowest BCUT2D eigenvalue weighted by molar-refractivity contribution is -0.116. The molecule has 0 spiro atoms. The lowest BCUT2D eigenvalue weighted by atomic mass is 9.84. The first kappa shape index (κ1) is 16.4. The third-order valence-corrected chi connectivity index (χ3v) is 4.49. The summed E-state index contributed by atoms with van der Waals surface area (Å²) in [5, 5.41) is 12.8. The monoisotopic (exact) mass is 330 g/mol. The molecule has 128 valence electrons. The number of nitrogens with one attached hydrogen (secondary N) is 1. The van der Waals surface area contributed by atoms with Gasteiger partial charge >= 0.3 is 6.03 Å². The van der Waals surface area contributed by atoms with E-state index in [0.717, 1.165) is 24.1 Å². The maximum atomic E-state index is 12.5. The fourth-order valence-corrected chi connectivity index (χ4v) is 3.42. The highest BCUT2D eigenvalue weighted by Crippen LogP contribution is 2.39. The van der Waals surface area contributed by atoms with E-state index in [4.69, 9.17) is 4.74 Å². The number of ether oxygens (including phenoxy) is 1. The van der Waals surface area contributed by atoms with E-state index in [1.54, 1.807) is 17.0 Å². The molecule has 1 atom stereocenters. The summed E-state index contributed by atoms with van der Waals surface area (Å²) in [7, 11) is 0. The van der Waals surface area contributed by atoms with Crippen LogP contribution in [-0.2, 0) is 4.79 Å². The number of Topliss-reactive ketones (excluding diaryl/α,β-unsaturated/α-hetero) is 1. The summed E-state index contributed by atoms with van der Waals surface area (Å²) >= 11 is 0. The van der Waals surface area contributed by atoms with Crippen molar-refractivity contribution >= 4 is 11.8 Å². The number of hydrogen-bond donors (Lipinski definition) is 2. The average molecular weight is 330 g/mol. The third kappa shape index (κ3) is 2.72. The Morgan fingerprint density at radius 1 is 1.29 bits per heavy atom. The Balaban J connectivity index is 2.08. The third-order valence-electron chi connectivity index (χ3n) is 4.49. The van der Waals surface area contributed by atoms with Gasteiger partial charge in [0.2, 0.25) is 0 Å². The molecule has 0 saturated carbocycles. The average Bonchev–Trinajstić information content (AvgIpc) is 2.56. The van der Waals surface area contributed by atoms with E-state index in [9.17, 15) is 14.7 Å². The van der Waals surface area contributed by atoms with Crippen molar-refractivity contribution in [1.29, 1.82) is 0 Å². The fourth-order valence-electron chi connectivity index (χ4n) is 3.42. The molecule has 2 amide bonds. The van der Waals surface area contributed by atoms with Crippen molar-refractivity contribution in [1.82, 2.24) is 10.2 Å². The second-order valence-corrected chi connectivity index (χ2v) is 5.92. The molecule has 1 unspecified atom stereocenters. The standard InChI is InChI=1S/C18H22N2O4/c1-3-20-12-6-5-7-14(22)16(12)17(19-18(20)23)11-8-9-13(21)15(10-11)24-4-2/h8-10,17,21H,3-7H2,1-2H3,(H,19,23). The number of benzene rings is 1. The number of carbonyl (C=O) groups excluding carboxylic acids is 2. The molecular weight excluding hydrogens is 308 g/mol. The largest absolute Gasteiger partial charge is 0.504 e. The molecule has 1 aliphatic carbocycles. The number of rotatable bonds is 4. The molecule has 1 heterocycles. The summed E-state index contributed by atoms with van der Waals surface area (Å²) in [6.45, 7) is 4.69. The molecular formula is C18H22N2O4. The van der Waals surface area contributed by atoms with Crippen molar-refractivity contribution in [2.45, 2.75) is 39.2 Å². The van der Waals surface area contributed by atoms with Gasteiger partial charge in [-0.05, 0) is 44.4 Å². The number of carbonyl (C=O) groups is 2. The zero-order valence-electron chi connectivity index (χ0n) is 14.0. The quantitative estimate of drug-likeness (QED) is 0.890. The van der Waals surface area contributed by atoms with Crippen LogP contribution in [0.5, 0.6) is 11.5 Å². The fraction of sp³-hybridized carbons (Fsp3) is 0.444. The minimum absolute atomic E-state index is 0.0436. The Kier molecular flexibility index (Phi) is 4.46. The van der Waals surface area contributed by atoms with Crippen LogP contribution < -0.4 is 10.1 Å². The Morgan fingerprint density at radius 3 is 2.79 bits per heavy atom. The van der Waals surface area contributed by atoms with Crippen LogP contribution in [0, 0.1) is 0 Å². The maximum absolute atomic E-state index is 12.5. The lowest BCUT2D eigenvalue weighted by Gasteiger charge is -2.38. The van der Waals surface area contributed by atoms with Gasteiger partial charge in [0.15, 0.2) is 17.3 Å². The van der Waals surface area contributed by atoms with E-state index in [2.05, 4.69) is 5.32 Å². The second kappa shape index (κ2) is 6.55. The summed E-state index contributed by atoms with van der Waals surface area (Å²) in [4.78, 5) is 26.6. The highest BCUT2D eigenvalue weighted by molar-refractivity contribution is 6.01. The van der Waals surface area contributed by atoms with Gasteiger partial charge in [0.1, 0.15) is 0 Å². The van der Waals surface area contributed by atoms with Gasteiger partial charge in [-0.1, -0.05) is 6.07 Å². The van der Waals surface area contributed by atoms with Crippen molar-refractivity contribution in [3.63, 3.8) is 0 Å². The molecule has 24 heavy (non-hydrogen) atoms. The second-order valence-electron chi connectivity index (χ2n) is 5.92. The molecule has 1 aromatic rings. The first-order chi connectivity index (χ1) is 11.6. The van der Waals surface area contributed by atoms with E-state index in [-0.39, 0.29) is 17.6 Å². The molecule has 3 rings (SSSR count). The minimum atomic E-state index is -0.497. The molecule has 0 aromatic heterocycles. The lowest BCUT2D eigenvalue weighted by Crippen LogP contribution is -2.49. The van der Waals surface area contributed by atoms with Gasteiger partial charge in [0.05, 0.1) is 12.6 Å². The maximum Gasteiger partial charge on any atom is 0.322 e. The number of urea groups is 1. The number of ketones is 1. The van der Waals surface area contributed by atoms with Gasteiger partial charge < -0.3 is 15.2 Å². The minimum Gasteiger partial charge on any atom is -0.504 e. The van der Waals surface area contributed by atoms with E-state index < -0.39 is 6.04 Å². The van der Waals surface area contributed by atoms with Crippen LogP contribution in [-0.4, -0.2) is 35.0 Å². The van der Waals surface area contributed by atoms with Crippen LogP contribution in [0.3, 0.4) is 0 Å². The zero-order valence-corrected chi connectivity index (χ0v) is 14.0. The zero-order chi connectivity index (χ0) is 17.3. The van der Waals surface area contributed by atoms with Gasteiger partial charge in [0.25, 0.3) is 0 Å². The summed E-state index contributed by atoms with van der Waals surface area (Å²) < 4.78 is 5.43. The van der Waals surface area contributed by atoms with Crippen LogP contribution in [0.15, 0.2) is 29.5 Å². The number of aromatic hydroxyl groups is 1. The summed E-state index contributed by atoms with van der Waals surface area (Å²) in [5.41, 5.74) is 2.23.